The Hall–Kier alpha value is -2.12. The molecule has 2 heterocycles. The molecule has 1 aliphatic carbocycles. The van der Waals surface area contributed by atoms with Gasteiger partial charge in [-0.3, -0.25) is 14.4 Å². The van der Waals surface area contributed by atoms with Gasteiger partial charge in [0.1, 0.15) is 11.3 Å². The van der Waals surface area contributed by atoms with Gasteiger partial charge in [0.2, 0.25) is 0 Å². The summed E-state index contributed by atoms with van der Waals surface area (Å²) in [6.45, 7) is 7.13. The lowest BCUT2D eigenvalue weighted by atomic mass is 9.84. The predicted octanol–water partition coefficient (Wildman–Crippen LogP) is 3.08. The molecular formula is C23H34N4O3. The largest absolute Gasteiger partial charge is 0.494 e. The van der Waals surface area contributed by atoms with Gasteiger partial charge < -0.3 is 14.8 Å². The van der Waals surface area contributed by atoms with Crippen LogP contribution in [-0.2, 0) is 11.3 Å². The van der Waals surface area contributed by atoms with Crippen LogP contribution in [0.2, 0.25) is 0 Å². The van der Waals surface area contributed by atoms with Crippen molar-refractivity contribution in [1.29, 1.82) is 0 Å². The van der Waals surface area contributed by atoms with Crippen molar-refractivity contribution < 1.29 is 14.3 Å². The molecule has 30 heavy (non-hydrogen) atoms. The van der Waals surface area contributed by atoms with Gasteiger partial charge in [-0.25, -0.2) is 0 Å². The first kappa shape index (κ1) is 21.1. The van der Waals surface area contributed by atoms with Crippen LogP contribution in [0.3, 0.4) is 0 Å². The third-order valence-corrected chi connectivity index (χ3v) is 6.62. The Kier molecular flexibility index (Phi) is 6.89. The van der Waals surface area contributed by atoms with E-state index in [1.54, 1.807) is 7.11 Å². The molecule has 7 heteroatoms. The summed E-state index contributed by atoms with van der Waals surface area (Å²) in [4.78, 5) is 15.5. The zero-order valence-electron chi connectivity index (χ0n) is 18.2. The van der Waals surface area contributed by atoms with E-state index >= 15 is 0 Å². The fourth-order valence-corrected chi connectivity index (χ4v) is 4.79. The van der Waals surface area contributed by atoms with Crippen molar-refractivity contribution in [3.63, 3.8) is 0 Å². The molecule has 1 N–H and O–H groups in total. The maximum Gasteiger partial charge on any atom is 0.272 e. The van der Waals surface area contributed by atoms with Crippen LogP contribution in [0, 0.1) is 5.92 Å². The van der Waals surface area contributed by atoms with E-state index in [4.69, 9.17) is 14.6 Å². The Morgan fingerprint density at radius 1 is 1.23 bits per heavy atom. The molecule has 1 atom stereocenters. The highest BCUT2D eigenvalue weighted by Gasteiger charge is 2.25. The molecule has 2 fully saturated rings. The molecule has 1 saturated carbocycles. The smallest absolute Gasteiger partial charge is 0.272 e. The first-order valence-corrected chi connectivity index (χ1v) is 11.3. The quantitative estimate of drug-likeness (QED) is 0.754. The van der Waals surface area contributed by atoms with Gasteiger partial charge in [-0.05, 0) is 31.7 Å². The summed E-state index contributed by atoms with van der Waals surface area (Å²) in [6, 6.07) is 5.99. The molecule has 1 aliphatic heterocycles. The zero-order chi connectivity index (χ0) is 20.9. The van der Waals surface area contributed by atoms with E-state index in [9.17, 15) is 4.79 Å². The van der Waals surface area contributed by atoms with Gasteiger partial charge in [-0.1, -0.05) is 31.4 Å². The molecule has 1 aromatic carbocycles. The number of nitrogens with zero attached hydrogens (tertiary/aromatic N) is 3. The summed E-state index contributed by atoms with van der Waals surface area (Å²) >= 11 is 0. The Morgan fingerprint density at radius 3 is 2.73 bits per heavy atom. The third-order valence-electron chi connectivity index (χ3n) is 6.62. The van der Waals surface area contributed by atoms with E-state index in [1.807, 2.05) is 22.9 Å². The second-order valence-electron chi connectivity index (χ2n) is 8.54. The molecule has 2 aromatic rings. The standard InChI is InChI=1S/C23H34N4O3/c1-17(18-7-4-3-5-8-18)24-23(28)21-19-9-6-10-20(29-2)22(19)27(25-21)12-11-26-13-15-30-16-14-26/h6,9-10,17-18H,3-5,7-8,11-16H2,1-2H3,(H,24,28)/t17-/m0/s1. The SMILES string of the molecule is COc1cccc2c(C(=O)N[C@@H](C)C3CCCCC3)nn(CCN3CCOCC3)c12. The Morgan fingerprint density at radius 2 is 2.00 bits per heavy atom. The number of para-hydroxylation sites is 1. The van der Waals surface area contributed by atoms with E-state index in [-0.39, 0.29) is 11.9 Å². The molecule has 1 aromatic heterocycles. The molecule has 0 radical (unpaired) electrons. The highest BCUT2D eigenvalue weighted by molar-refractivity contribution is 6.06. The highest BCUT2D eigenvalue weighted by atomic mass is 16.5. The molecular weight excluding hydrogens is 380 g/mol. The maximum atomic E-state index is 13.2. The molecule has 2 aliphatic rings. The minimum Gasteiger partial charge on any atom is -0.494 e. The minimum atomic E-state index is -0.0866. The monoisotopic (exact) mass is 414 g/mol. The van der Waals surface area contributed by atoms with Crippen LogP contribution in [0.1, 0.15) is 49.5 Å². The number of fused-ring (bicyclic) bond motifs is 1. The number of carbonyl (C=O) groups excluding carboxylic acids is 1. The number of morpholine rings is 1. The van der Waals surface area contributed by atoms with Crippen LogP contribution in [0.5, 0.6) is 5.75 Å². The van der Waals surface area contributed by atoms with Gasteiger partial charge in [0.15, 0.2) is 5.69 Å². The van der Waals surface area contributed by atoms with Crippen molar-refractivity contribution in [2.75, 3.05) is 40.0 Å². The number of ether oxygens (including phenoxy) is 2. The van der Waals surface area contributed by atoms with E-state index < -0.39 is 0 Å². The maximum absolute atomic E-state index is 13.2. The Bertz CT molecular complexity index is 853. The summed E-state index contributed by atoms with van der Waals surface area (Å²) in [5.74, 6) is 1.23. The van der Waals surface area contributed by atoms with Crippen molar-refractivity contribution >= 4 is 16.8 Å². The molecule has 4 rings (SSSR count). The second kappa shape index (κ2) is 9.79. The van der Waals surface area contributed by atoms with Crippen molar-refractivity contribution in [3.05, 3.63) is 23.9 Å². The second-order valence-corrected chi connectivity index (χ2v) is 8.54. The number of benzene rings is 1. The van der Waals surface area contributed by atoms with Gasteiger partial charge in [0.25, 0.3) is 5.91 Å². The molecule has 1 saturated heterocycles. The highest BCUT2D eigenvalue weighted by Crippen LogP contribution is 2.29. The molecule has 0 bridgehead atoms. The first-order valence-electron chi connectivity index (χ1n) is 11.3. The average Bonchev–Trinajstić information content (AvgIpc) is 3.18. The van der Waals surface area contributed by atoms with E-state index in [2.05, 4.69) is 17.1 Å². The van der Waals surface area contributed by atoms with Crippen molar-refractivity contribution in [3.8, 4) is 5.75 Å². The summed E-state index contributed by atoms with van der Waals surface area (Å²) in [7, 11) is 1.67. The number of rotatable bonds is 7. The van der Waals surface area contributed by atoms with Gasteiger partial charge in [-0.2, -0.15) is 5.10 Å². The summed E-state index contributed by atoms with van der Waals surface area (Å²) in [5, 5.41) is 8.83. The Balaban J connectivity index is 1.55. The van der Waals surface area contributed by atoms with Crippen LogP contribution in [-0.4, -0.2) is 66.6 Å². The van der Waals surface area contributed by atoms with Gasteiger partial charge in [0, 0.05) is 31.1 Å². The molecule has 164 valence electrons. The lowest BCUT2D eigenvalue weighted by Crippen LogP contribution is -2.39. The van der Waals surface area contributed by atoms with Gasteiger partial charge in [0.05, 0.1) is 26.9 Å². The molecule has 1 amide bonds. The fraction of sp³-hybridized carbons (Fsp3) is 0.652. The number of carbonyl (C=O) groups is 1. The van der Waals surface area contributed by atoms with Gasteiger partial charge >= 0.3 is 0 Å². The number of nitrogens with one attached hydrogen (secondary N) is 1. The summed E-state index contributed by atoms with van der Waals surface area (Å²) in [5.41, 5.74) is 1.39. The fourth-order valence-electron chi connectivity index (χ4n) is 4.79. The lowest BCUT2D eigenvalue weighted by Gasteiger charge is -2.28. The van der Waals surface area contributed by atoms with Gasteiger partial charge in [-0.15, -0.1) is 0 Å². The van der Waals surface area contributed by atoms with Crippen molar-refractivity contribution in [2.45, 2.75) is 51.6 Å². The molecule has 0 unspecified atom stereocenters. The average molecular weight is 415 g/mol. The zero-order valence-corrected chi connectivity index (χ0v) is 18.2. The van der Waals surface area contributed by atoms with Crippen molar-refractivity contribution in [1.82, 2.24) is 20.0 Å². The summed E-state index contributed by atoms with van der Waals surface area (Å²) in [6.07, 6.45) is 6.24. The summed E-state index contributed by atoms with van der Waals surface area (Å²) < 4.78 is 13.0. The number of aromatic nitrogens is 2. The van der Waals surface area contributed by atoms with Crippen LogP contribution in [0.25, 0.3) is 10.9 Å². The predicted molar refractivity (Wildman–Crippen MR) is 117 cm³/mol. The van der Waals surface area contributed by atoms with Crippen molar-refractivity contribution in [2.24, 2.45) is 5.92 Å². The van der Waals surface area contributed by atoms with E-state index in [0.29, 0.717) is 18.2 Å². The normalized spacial score (nSPS) is 19.7. The lowest BCUT2D eigenvalue weighted by molar-refractivity contribution is 0.0361. The topological polar surface area (TPSA) is 68.6 Å². The van der Waals surface area contributed by atoms with Crippen LogP contribution in [0.15, 0.2) is 18.2 Å². The number of hydrogen-bond acceptors (Lipinski definition) is 5. The third kappa shape index (κ3) is 4.62. The van der Waals surface area contributed by atoms with E-state index in [0.717, 1.165) is 49.5 Å². The van der Waals surface area contributed by atoms with Crippen LogP contribution >= 0.6 is 0 Å². The first-order chi connectivity index (χ1) is 14.7. The minimum absolute atomic E-state index is 0.0866. The number of amides is 1. The Labute approximate surface area is 178 Å². The van der Waals surface area contributed by atoms with Crippen LogP contribution in [0.4, 0.5) is 0 Å². The molecule has 7 nitrogen and oxygen atoms in total. The molecule has 0 spiro atoms. The van der Waals surface area contributed by atoms with Crippen LogP contribution < -0.4 is 10.1 Å². The number of hydrogen-bond donors (Lipinski definition) is 1. The number of methoxy groups -OCH3 is 1. The van der Waals surface area contributed by atoms with E-state index in [1.165, 1.54) is 32.1 Å².